The molecule has 0 fully saturated rings. The summed E-state index contributed by atoms with van der Waals surface area (Å²) in [5.74, 6) is 0. The third-order valence-corrected chi connectivity index (χ3v) is 4.83. The molecule has 1 N–H and O–H groups in total. The van der Waals surface area contributed by atoms with E-state index in [4.69, 9.17) is 0 Å². The summed E-state index contributed by atoms with van der Waals surface area (Å²) in [5, 5.41) is 9.63. The Labute approximate surface area is 139 Å². The summed E-state index contributed by atoms with van der Waals surface area (Å²) in [7, 11) is 0. The molecule has 2 aromatic heterocycles. The molecule has 0 radical (unpaired) electrons. The van der Waals surface area contributed by atoms with Gasteiger partial charge in [-0.1, -0.05) is 60.2 Å². The molecule has 0 aliphatic heterocycles. The van der Waals surface area contributed by atoms with Crippen LogP contribution in [0.1, 0.15) is 5.56 Å². The zero-order chi connectivity index (χ0) is 15.6. The molecule has 112 valence electrons. The van der Waals surface area contributed by atoms with Gasteiger partial charge in [0.05, 0.1) is 16.3 Å². The molecule has 0 spiro atoms. The van der Waals surface area contributed by atoms with Gasteiger partial charge in [-0.2, -0.15) is 5.10 Å². The maximum absolute atomic E-state index is 4.44. The second-order valence-electron chi connectivity index (χ2n) is 5.59. The van der Waals surface area contributed by atoms with Crippen molar-refractivity contribution in [2.75, 3.05) is 0 Å². The Hall–Kier alpha value is -2.65. The maximum Gasteiger partial charge on any atom is 0.0927 e. The maximum atomic E-state index is 4.44. The van der Waals surface area contributed by atoms with Gasteiger partial charge in [-0.3, -0.25) is 5.10 Å². The molecule has 0 aliphatic carbocycles. The van der Waals surface area contributed by atoms with E-state index < -0.39 is 0 Å². The van der Waals surface area contributed by atoms with Crippen LogP contribution < -0.4 is 0 Å². The molecule has 23 heavy (non-hydrogen) atoms. The highest BCUT2D eigenvalue weighted by molar-refractivity contribution is 7.13. The predicted molar refractivity (Wildman–Crippen MR) is 97.5 cm³/mol. The van der Waals surface area contributed by atoms with Gasteiger partial charge in [0.25, 0.3) is 0 Å². The molecular weight excluding hydrogens is 300 g/mol. The number of thiophene rings is 1. The van der Waals surface area contributed by atoms with Crippen molar-refractivity contribution in [3.05, 3.63) is 77.7 Å². The summed E-state index contributed by atoms with van der Waals surface area (Å²) in [6.07, 6.45) is 0. The number of rotatable bonds is 3. The Kier molecular flexibility index (Phi) is 3.56. The van der Waals surface area contributed by atoms with Crippen LogP contribution in [-0.2, 0) is 0 Å². The number of hydrogen-bond donors (Lipinski definition) is 1. The van der Waals surface area contributed by atoms with Gasteiger partial charge < -0.3 is 0 Å². The van der Waals surface area contributed by atoms with Gasteiger partial charge in [0.15, 0.2) is 0 Å². The van der Waals surface area contributed by atoms with Gasteiger partial charge in [-0.25, -0.2) is 0 Å². The van der Waals surface area contributed by atoms with Gasteiger partial charge in [0, 0.05) is 5.56 Å². The first kappa shape index (κ1) is 14.0. The molecule has 0 saturated carbocycles. The summed E-state index contributed by atoms with van der Waals surface area (Å²) < 4.78 is 0. The van der Waals surface area contributed by atoms with Gasteiger partial charge in [-0.15, -0.1) is 11.3 Å². The van der Waals surface area contributed by atoms with Crippen LogP contribution in [0, 0.1) is 6.92 Å². The van der Waals surface area contributed by atoms with E-state index in [9.17, 15) is 0 Å². The van der Waals surface area contributed by atoms with Crippen molar-refractivity contribution in [1.29, 1.82) is 0 Å². The zero-order valence-corrected chi connectivity index (χ0v) is 13.6. The Morgan fingerprint density at radius 1 is 0.826 bits per heavy atom. The van der Waals surface area contributed by atoms with Crippen molar-refractivity contribution in [2.45, 2.75) is 6.92 Å². The summed E-state index contributed by atoms with van der Waals surface area (Å²) in [5.41, 5.74) is 6.91. The van der Waals surface area contributed by atoms with E-state index in [0.717, 1.165) is 17.0 Å². The molecule has 4 rings (SSSR count). The summed E-state index contributed by atoms with van der Waals surface area (Å²) in [6, 6.07) is 23.4. The van der Waals surface area contributed by atoms with Crippen molar-refractivity contribution in [3.8, 4) is 33.0 Å². The highest BCUT2D eigenvalue weighted by Gasteiger charge is 2.07. The van der Waals surface area contributed by atoms with Crippen molar-refractivity contribution in [2.24, 2.45) is 0 Å². The number of nitrogens with one attached hydrogen (secondary N) is 1. The number of aryl methyl sites for hydroxylation is 1. The first-order chi connectivity index (χ1) is 11.3. The quantitative estimate of drug-likeness (QED) is 0.510. The van der Waals surface area contributed by atoms with E-state index in [1.807, 2.05) is 0 Å². The second-order valence-corrected chi connectivity index (χ2v) is 6.54. The number of aromatic amines is 1. The number of H-pyrrole nitrogens is 1. The standard InChI is InChI=1S/C20H16N2S/c1-14-4-6-15(7-5-14)16-8-10-17(11-9-16)18-13-19(22-21-18)20-3-2-12-23-20/h2-13H,1H3,(H,21,22). The lowest BCUT2D eigenvalue weighted by atomic mass is 10.0. The lowest BCUT2D eigenvalue weighted by molar-refractivity contribution is 1.10. The van der Waals surface area contributed by atoms with E-state index in [1.165, 1.54) is 21.6 Å². The molecule has 0 unspecified atom stereocenters. The van der Waals surface area contributed by atoms with Crippen molar-refractivity contribution in [1.82, 2.24) is 10.2 Å². The van der Waals surface area contributed by atoms with Crippen LogP contribution >= 0.6 is 11.3 Å². The molecule has 2 heterocycles. The van der Waals surface area contributed by atoms with E-state index in [-0.39, 0.29) is 0 Å². The minimum atomic E-state index is 0.976. The van der Waals surface area contributed by atoms with Gasteiger partial charge >= 0.3 is 0 Å². The monoisotopic (exact) mass is 316 g/mol. The summed E-state index contributed by atoms with van der Waals surface area (Å²) >= 11 is 1.71. The Balaban J connectivity index is 1.62. The third-order valence-electron chi connectivity index (χ3n) is 3.93. The SMILES string of the molecule is Cc1ccc(-c2ccc(-c3cc(-c4cccs4)[nH]n3)cc2)cc1. The van der Waals surface area contributed by atoms with Gasteiger partial charge in [0.1, 0.15) is 0 Å². The van der Waals surface area contributed by atoms with Crippen molar-refractivity contribution >= 4 is 11.3 Å². The minimum Gasteiger partial charge on any atom is -0.276 e. The molecule has 0 aliphatic rings. The molecule has 2 nitrogen and oxygen atoms in total. The Morgan fingerprint density at radius 2 is 1.48 bits per heavy atom. The van der Waals surface area contributed by atoms with Gasteiger partial charge in [-0.05, 0) is 35.6 Å². The van der Waals surface area contributed by atoms with E-state index in [0.29, 0.717) is 0 Å². The van der Waals surface area contributed by atoms with E-state index in [2.05, 4.69) is 89.2 Å². The minimum absolute atomic E-state index is 0.976. The zero-order valence-electron chi connectivity index (χ0n) is 12.8. The molecule has 4 aromatic rings. The number of nitrogens with zero attached hydrogens (tertiary/aromatic N) is 1. The molecule has 0 amide bonds. The fourth-order valence-electron chi connectivity index (χ4n) is 2.61. The number of benzene rings is 2. The van der Waals surface area contributed by atoms with Crippen LogP contribution in [-0.4, -0.2) is 10.2 Å². The largest absolute Gasteiger partial charge is 0.276 e. The van der Waals surface area contributed by atoms with Crippen molar-refractivity contribution in [3.63, 3.8) is 0 Å². The van der Waals surface area contributed by atoms with Crippen LogP contribution in [0.4, 0.5) is 0 Å². The van der Waals surface area contributed by atoms with E-state index in [1.54, 1.807) is 11.3 Å². The fraction of sp³-hybridized carbons (Fsp3) is 0.0500. The van der Waals surface area contributed by atoms with Crippen LogP contribution in [0.3, 0.4) is 0 Å². The normalized spacial score (nSPS) is 10.8. The molecule has 0 saturated heterocycles. The van der Waals surface area contributed by atoms with Crippen LogP contribution in [0.2, 0.25) is 0 Å². The van der Waals surface area contributed by atoms with Crippen LogP contribution in [0.5, 0.6) is 0 Å². The number of aromatic nitrogens is 2. The molecule has 3 heteroatoms. The summed E-state index contributed by atoms with van der Waals surface area (Å²) in [6.45, 7) is 2.11. The van der Waals surface area contributed by atoms with E-state index >= 15 is 0 Å². The predicted octanol–water partition coefficient (Wildman–Crippen LogP) is 5.78. The van der Waals surface area contributed by atoms with Gasteiger partial charge in [0.2, 0.25) is 0 Å². The smallest absolute Gasteiger partial charge is 0.0927 e. The Bertz CT molecular complexity index is 901. The first-order valence-corrected chi connectivity index (χ1v) is 8.44. The molecule has 0 bridgehead atoms. The second kappa shape index (κ2) is 5.86. The lowest BCUT2D eigenvalue weighted by Gasteiger charge is -2.03. The number of hydrogen-bond acceptors (Lipinski definition) is 2. The summed E-state index contributed by atoms with van der Waals surface area (Å²) in [4.78, 5) is 1.21. The molecule has 2 aromatic carbocycles. The highest BCUT2D eigenvalue weighted by atomic mass is 32.1. The lowest BCUT2D eigenvalue weighted by Crippen LogP contribution is -1.81. The molecular formula is C20H16N2S. The molecule has 0 atom stereocenters. The third kappa shape index (κ3) is 2.83. The van der Waals surface area contributed by atoms with Crippen LogP contribution in [0.25, 0.3) is 33.0 Å². The Morgan fingerprint density at radius 3 is 2.13 bits per heavy atom. The fourth-order valence-corrected chi connectivity index (χ4v) is 3.30. The van der Waals surface area contributed by atoms with Crippen molar-refractivity contribution < 1.29 is 0 Å². The average molecular weight is 316 g/mol. The van der Waals surface area contributed by atoms with Crippen LogP contribution in [0.15, 0.2) is 72.1 Å². The topological polar surface area (TPSA) is 28.7 Å². The first-order valence-electron chi connectivity index (χ1n) is 7.56. The average Bonchev–Trinajstić information content (AvgIpc) is 3.27. The highest BCUT2D eigenvalue weighted by Crippen LogP contribution is 2.28.